The van der Waals surface area contributed by atoms with Crippen LogP contribution in [0, 0.1) is 0 Å². The van der Waals surface area contributed by atoms with Gasteiger partial charge in [-0.05, 0) is 52.9 Å². The molecule has 0 spiro atoms. The fourth-order valence-electron chi connectivity index (χ4n) is 3.76. The lowest BCUT2D eigenvalue weighted by Gasteiger charge is -2.38. The molecule has 0 bridgehead atoms. The lowest BCUT2D eigenvalue weighted by atomic mass is 9.87. The lowest BCUT2D eigenvalue weighted by molar-refractivity contribution is -0.137. The number of benzene rings is 3. The van der Waals surface area contributed by atoms with Gasteiger partial charge in [-0.25, -0.2) is 0 Å². The Morgan fingerprint density at radius 1 is 0.839 bits per heavy atom. The number of amides is 1. The molecular formula is C25H23F3N2O. The summed E-state index contributed by atoms with van der Waals surface area (Å²) in [7, 11) is 0. The summed E-state index contributed by atoms with van der Waals surface area (Å²) in [5.74, 6) is -0.264. The Morgan fingerprint density at radius 3 is 2.16 bits per heavy atom. The summed E-state index contributed by atoms with van der Waals surface area (Å²) in [5.41, 5.74) is 2.34. The second-order valence-corrected chi connectivity index (χ2v) is 8.69. The third kappa shape index (κ3) is 4.02. The second kappa shape index (κ2) is 7.45. The maximum atomic E-state index is 13.4. The Labute approximate surface area is 179 Å². The van der Waals surface area contributed by atoms with Gasteiger partial charge in [-0.2, -0.15) is 13.2 Å². The number of nitrogens with zero attached hydrogens (tertiary/aromatic N) is 1. The van der Waals surface area contributed by atoms with Gasteiger partial charge < -0.3 is 5.32 Å². The molecule has 4 rings (SSSR count). The number of carbonyl (C=O) groups excluding carboxylic acids is 1. The summed E-state index contributed by atoms with van der Waals surface area (Å²) in [6.45, 7) is 6.28. The van der Waals surface area contributed by atoms with Crippen molar-refractivity contribution < 1.29 is 18.0 Å². The van der Waals surface area contributed by atoms with Gasteiger partial charge in [-0.1, -0.05) is 57.2 Å². The molecule has 6 heteroatoms. The number of nitrogens with one attached hydrogen (secondary N) is 1. The standard InChI is InChI=1S/C25H23F3N2O/c1-24(2,3)17-11-13-19(14-12-17)30-22(16-7-6-8-18(15-16)25(26,27)28)29-21-10-5-4-9-20(21)23(30)31/h4-15,22,29H,1-3H3. The minimum absolute atomic E-state index is 0.0598. The van der Waals surface area contributed by atoms with E-state index in [9.17, 15) is 18.0 Å². The summed E-state index contributed by atoms with van der Waals surface area (Å²) in [6, 6.07) is 19.7. The first-order valence-electron chi connectivity index (χ1n) is 10.0. The third-order valence-corrected chi connectivity index (χ3v) is 5.47. The Hall–Kier alpha value is -3.28. The van der Waals surface area contributed by atoms with Crippen molar-refractivity contribution >= 4 is 17.3 Å². The molecule has 1 aliphatic rings. The van der Waals surface area contributed by atoms with Crippen molar-refractivity contribution in [2.75, 3.05) is 10.2 Å². The third-order valence-electron chi connectivity index (χ3n) is 5.47. The van der Waals surface area contributed by atoms with Gasteiger partial charge in [0.25, 0.3) is 5.91 Å². The first-order valence-corrected chi connectivity index (χ1v) is 10.0. The van der Waals surface area contributed by atoms with E-state index in [1.54, 1.807) is 30.3 Å². The SMILES string of the molecule is CC(C)(C)c1ccc(N2C(=O)c3ccccc3NC2c2cccc(C(F)(F)F)c2)cc1. The van der Waals surface area contributed by atoms with Crippen molar-refractivity contribution in [3.63, 3.8) is 0 Å². The monoisotopic (exact) mass is 424 g/mol. The van der Waals surface area contributed by atoms with Crippen LogP contribution in [0.5, 0.6) is 0 Å². The van der Waals surface area contributed by atoms with Crippen LogP contribution in [0.3, 0.4) is 0 Å². The van der Waals surface area contributed by atoms with Crippen LogP contribution in [0.1, 0.15) is 54.0 Å². The number of fused-ring (bicyclic) bond motifs is 1. The van der Waals surface area contributed by atoms with Crippen molar-refractivity contribution in [1.82, 2.24) is 0 Å². The summed E-state index contributed by atoms with van der Waals surface area (Å²) in [4.78, 5) is 14.9. The largest absolute Gasteiger partial charge is 0.416 e. The van der Waals surface area contributed by atoms with Gasteiger partial charge >= 0.3 is 6.18 Å². The second-order valence-electron chi connectivity index (χ2n) is 8.69. The number of para-hydroxylation sites is 1. The van der Waals surface area contributed by atoms with Crippen molar-refractivity contribution in [3.8, 4) is 0 Å². The molecule has 3 aromatic carbocycles. The van der Waals surface area contributed by atoms with Crippen molar-refractivity contribution in [2.24, 2.45) is 0 Å². The van der Waals surface area contributed by atoms with Crippen molar-refractivity contribution in [2.45, 2.75) is 38.5 Å². The number of hydrogen-bond acceptors (Lipinski definition) is 2. The van der Waals surface area contributed by atoms with Crippen molar-refractivity contribution in [1.29, 1.82) is 0 Å². The molecule has 0 radical (unpaired) electrons. The molecule has 1 atom stereocenters. The van der Waals surface area contributed by atoms with Gasteiger partial charge in [0, 0.05) is 11.4 Å². The van der Waals surface area contributed by atoms with E-state index in [0.29, 0.717) is 22.5 Å². The van der Waals surface area contributed by atoms with Crippen molar-refractivity contribution in [3.05, 3.63) is 95.1 Å². The fourth-order valence-corrected chi connectivity index (χ4v) is 3.76. The maximum absolute atomic E-state index is 13.4. The van der Waals surface area contributed by atoms with Crippen LogP contribution in [0.15, 0.2) is 72.8 Å². The summed E-state index contributed by atoms with van der Waals surface area (Å²) in [5, 5.41) is 3.25. The van der Waals surface area contributed by atoms with Gasteiger partial charge in [-0.3, -0.25) is 9.69 Å². The minimum atomic E-state index is -4.47. The highest BCUT2D eigenvalue weighted by molar-refractivity contribution is 6.12. The average Bonchev–Trinajstić information content (AvgIpc) is 2.73. The Kier molecular flexibility index (Phi) is 5.04. The molecule has 0 aliphatic carbocycles. The predicted octanol–water partition coefficient (Wildman–Crippen LogP) is 6.77. The molecule has 0 saturated heterocycles. The Balaban J connectivity index is 1.83. The number of alkyl halides is 3. The summed E-state index contributed by atoms with van der Waals surface area (Å²) < 4.78 is 40.0. The van der Waals surface area contributed by atoms with Crippen LogP contribution in [-0.2, 0) is 11.6 Å². The van der Waals surface area contributed by atoms with Gasteiger partial charge in [-0.15, -0.1) is 0 Å². The smallest absolute Gasteiger partial charge is 0.360 e. The highest BCUT2D eigenvalue weighted by Gasteiger charge is 2.36. The summed E-state index contributed by atoms with van der Waals surface area (Å²) >= 11 is 0. The normalized spacial score (nSPS) is 16.6. The zero-order chi connectivity index (χ0) is 22.4. The molecule has 3 nitrogen and oxygen atoms in total. The molecule has 1 N–H and O–H groups in total. The van der Waals surface area contributed by atoms with Crippen LogP contribution >= 0.6 is 0 Å². The maximum Gasteiger partial charge on any atom is 0.416 e. The van der Waals surface area contributed by atoms with Crippen LogP contribution in [0.2, 0.25) is 0 Å². The molecule has 0 saturated carbocycles. The molecule has 3 aromatic rings. The number of hydrogen-bond donors (Lipinski definition) is 1. The molecule has 1 aliphatic heterocycles. The number of halogens is 3. The zero-order valence-corrected chi connectivity index (χ0v) is 17.5. The van der Waals surface area contributed by atoms with Crippen LogP contribution < -0.4 is 10.2 Å². The van der Waals surface area contributed by atoms with Gasteiger partial charge in [0.1, 0.15) is 6.17 Å². The predicted molar refractivity (Wildman–Crippen MR) is 116 cm³/mol. The summed E-state index contributed by atoms with van der Waals surface area (Å²) in [6.07, 6.45) is -5.24. The molecule has 1 heterocycles. The van der Waals surface area contributed by atoms with Gasteiger partial charge in [0.05, 0.1) is 11.1 Å². The minimum Gasteiger partial charge on any atom is -0.360 e. The first-order chi connectivity index (χ1) is 14.6. The quantitative estimate of drug-likeness (QED) is 0.492. The van der Waals surface area contributed by atoms with E-state index in [2.05, 4.69) is 26.1 Å². The zero-order valence-electron chi connectivity index (χ0n) is 17.5. The van der Waals surface area contributed by atoms with E-state index in [1.165, 1.54) is 11.0 Å². The fraction of sp³-hybridized carbons (Fsp3) is 0.240. The molecule has 160 valence electrons. The molecule has 1 amide bonds. The van der Waals surface area contributed by atoms with Crippen LogP contribution in [0.4, 0.5) is 24.5 Å². The lowest BCUT2D eigenvalue weighted by Crippen LogP contribution is -2.43. The van der Waals surface area contributed by atoms with Crippen LogP contribution in [-0.4, -0.2) is 5.91 Å². The topological polar surface area (TPSA) is 32.3 Å². The molecule has 1 unspecified atom stereocenters. The number of carbonyl (C=O) groups is 1. The van der Waals surface area contributed by atoms with Crippen LogP contribution in [0.25, 0.3) is 0 Å². The molecule has 0 fully saturated rings. The highest BCUT2D eigenvalue weighted by atomic mass is 19.4. The number of rotatable bonds is 2. The van der Waals surface area contributed by atoms with E-state index in [1.807, 2.05) is 24.3 Å². The van der Waals surface area contributed by atoms with E-state index in [0.717, 1.165) is 17.7 Å². The van der Waals surface area contributed by atoms with Gasteiger partial charge in [0.2, 0.25) is 0 Å². The Morgan fingerprint density at radius 2 is 1.52 bits per heavy atom. The van der Waals surface area contributed by atoms with Gasteiger partial charge in [0.15, 0.2) is 0 Å². The van der Waals surface area contributed by atoms with E-state index in [4.69, 9.17) is 0 Å². The Bertz CT molecular complexity index is 1110. The van der Waals surface area contributed by atoms with E-state index < -0.39 is 17.9 Å². The van der Waals surface area contributed by atoms with E-state index in [-0.39, 0.29) is 11.3 Å². The average molecular weight is 424 g/mol. The first kappa shape index (κ1) is 21.0. The molecule has 0 aromatic heterocycles. The van der Waals surface area contributed by atoms with E-state index >= 15 is 0 Å². The number of anilines is 2. The highest BCUT2D eigenvalue weighted by Crippen LogP contribution is 2.39. The molecule has 31 heavy (non-hydrogen) atoms. The molecular weight excluding hydrogens is 401 g/mol.